The van der Waals surface area contributed by atoms with Crippen molar-refractivity contribution in [2.24, 2.45) is 4.99 Å². The summed E-state index contributed by atoms with van der Waals surface area (Å²) in [6.07, 6.45) is 3.97. The Hall–Kier alpha value is -2.55. The van der Waals surface area contributed by atoms with Crippen molar-refractivity contribution in [1.82, 2.24) is 4.90 Å². The number of hydrogen-bond acceptors (Lipinski definition) is 2. The lowest BCUT2D eigenvalue weighted by atomic mass is 10.1. The number of aliphatic imine (C=N–C) groups is 1. The molecule has 0 saturated heterocycles. The number of rotatable bonds is 6. The third kappa shape index (κ3) is 4.96. The van der Waals surface area contributed by atoms with Crippen LogP contribution in [0.2, 0.25) is 0 Å². The minimum atomic E-state index is 0.850. The molecule has 0 aliphatic heterocycles. The van der Waals surface area contributed by atoms with E-state index in [-0.39, 0.29) is 0 Å². The van der Waals surface area contributed by atoms with Crippen LogP contribution < -0.4 is 4.74 Å². The second-order valence-electron chi connectivity index (χ2n) is 6.32. The van der Waals surface area contributed by atoms with Crippen molar-refractivity contribution < 1.29 is 4.74 Å². The molecule has 0 atom stereocenters. The van der Waals surface area contributed by atoms with Gasteiger partial charge in [-0.3, -0.25) is 0 Å². The topological polar surface area (TPSA) is 24.8 Å². The van der Waals surface area contributed by atoms with Gasteiger partial charge < -0.3 is 9.64 Å². The van der Waals surface area contributed by atoms with Gasteiger partial charge in [0.25, 0.3) is 0 Å². The smallest absolute Gasteiger partial charge is 0.130 e. The summed E-state index contributed by atoms with van der Waals surface area (Å²) in [5.41, 5.74) is 5.57. The zero-order valence-corrected chi connectivity index (χ0v) is 16.1. The molecule has 0 unspecified atom stereocenters. The normalized spacial score (nSPS) is 11.8. The molecule has 0 aliphatic rings. The van der Waals surface area contributed by atoms with E-state index in [0.717, 1.165) is 34.9 Å². The Bertz CT molecular complexity index is 791. The Labute approximate surface area is 151 Å². The van der Waals surface area contributed by atoms with Crippen LogP contribution in [-0.4, -0.2) is 24.8 Å². The summed E-state index contributed by atoms with van der Waals surface area (Å²) in [5, 5.41) is 0. The molecule has 0 heterocycles. The van der Waals surface area contributed by atoms with E-state index in [1.165, 1.54) is 11.1 Å². The van der Waals surface area contributed by atoms with Gasteiger partial charge in [-0.05, 0) is 81.1 Å². The van der Waals surface area contributed by atoms with Crippen LogP contribution in [0.4, 0.5) is 5.69 Å². The predicted molar refractivity (Wildman–Crippen MR) is 108 cm³/mol. The van der Waals surface area contributed by atoms with E-state index in [0.29, 0.717) is 0 Å². The minimum absolute atomic E-state index is 0.850. The van der Waals surface area contributed by atoms with Gasteiger partial charge in [0.15, 0.2) is 0 Å². The molecular formula is C22H28N2O. The van der Waals surface area contributed by atoms with Crippen LogP contribution in [0.1, 0.15) is 37.5 Å². The van der Waals surface area contributed by atoms with E-state index in [9.17, 15) is 0 Å². The zero-order valence-electron chi connectivity index (χ0n) is 16.1. The maximum Gasteiger partial charge on any atom is 0.130 e. The van der Waals surface area contributed by atoms with Crippen molar-refractivity contribution in [3.63, 3.8) is 0 Å². The third-order valence-electron chi connectivity index (χ3n) is 4.34. The standard InChI is InChI=1S/C22H28N2O/c1-7-16(3)19-10-9-11-20(14-19)25-22-13-17(4)21(12-18(22)5)23-15-24(6)8-2/h7,9-15H,8H2,1-6H3. The van der Waals surface area contributed by atoms with Crippen molar-refractivity contribution in [3.8, 4) is 11.5 Å². The average molecular weight is 336 g/mol. The number of benzene rings is 2. The maximum atomic E-state index is 6.14. The van der Waals surface area contributed by atoms with Crippen LogP contribution in [0, 0.1) is 13.8 Å². The summed E-state index contributed by atoms with van der Waals surface area (Å²) >= 11 is 0. The predicted octanol–water partition coefficient (Wildman–Crippen LogP) is 6.13. The number of nitrogens with zero attached hydrogens (tertiary/aromatic N) is 2. The molecule has 3 heteroatoms. The maximum absolute atomic E-state index is 6.14. The Morgan fingerprint density at radius 2 is 1.92 bits per heavy atom. The van der Waals surface area contributed by atoms with Gasteiger partial charge in [-0.1, -0.05) is 18.2 Å². The van der Waals surface area contributed by atoms with Crippen LogP contribution in [0.5, 0.6) is 11.5 Å². The fourth-order valence-corrected chi connectivity index (χ4v) is 2.36. The second-order valence-corrected chi connectivity index (χ2v) is 6.32. The SMILES string of the molecule is CC=C(C)c1cccc(Oc2cc(C)c(N=CN(C)CC)cc2C)c1. The van der Waals surface area contributed by atoms with E-state index in [2.05, 4.69) is 63.0 Å². The first-order chi connectivity index (χ1) is 11.9. The molecule has 2 aromatic rings. The van der Waals surface area contributed by atoms with Crippen LogP contribution in [0.15, 0.2) is 47.5 Å². The quantitative estimate of drug-likeness (QED) is 0.468. The Balaban J connectivity index is 2.27. The highest BCUT2D eigenvalue weighted by molar-refractivity contribution is 5.66. The van der Waals surface area contributed by atoms with Gasteiger partial charge in [0.05, 0.1) is 12.0 Å². The summed E-state index contributed by atoms with van der Waals surface area (Å²) in [4.78, 5) is 6.62. The monoisotopic (exact) mass is 336 g/mol. The van der Waals surface area contributed by atoms with Crippen molar-refractivity contribution in [1.29, 1.82) is 0 Å². The molecular weight excluding hydrogens is 308 g/mol. The average Bonchev–Trinajstić information content (AvgIpc) is 2.62. The van der Waals surface area contributed by atoms with Crippen molar-refractivity contribution in [2.75, 3.05) is 13.6 Å². The van der Waals surface area contributed by atoms with Gasteiger partial charge in [-0.2, -0.15) is 0 Å². The molecule has 0 amide bonds. The van der Waals surface area contributed by atoms with E-state index in [1.54, 1.807) is 0 Å². The lowest BCUT2D eigenvalue weighted by molar-refractivity contribution is 0.478. The first kappa shape index (κ1) is 18.8. The fourth-order valence-electron chi connectivity index (χ4n) is 2.36. The highest BCUT2D eigenvalue weighted by Crippen LogP contribution is 2.32. The van der Waals surface area contributed by atoms with Crippen molar-refractivity contribution in [2.45, 2.75) is 34.6 Å². The van der Waals surface area contributed by atoms with E-state index in [4.69, 9.17) is 4.74 Å². The van der Waals surface area contributed by atoms with Crippen LogP contribution in [0.25, 0.3) is 5.57 Å². The summed E-state index contributed by atoms with van der Waals surface area (Å²) in [5.74, 6) is 1.72. The number of hydrogen-bond donors (Lipinski definition) is 0. The third-order valence-corrected chi connectivity index (χ3v) is 4.34. The molecule has 25 heavy (non-hydrogen) atoms. The molecule has 0 radical (unpaired) electrons. The molecule has 0 fully saturated rings. The zero-order chi connectivity index (χ0) is 18.4. The van der Waals surface area contributed by atoms with Crippen molar-refractivity contribution >= 4 is 17.6 Å². The highest BCUT2D eigenvalue weighted by atomic mass is 16.5. The Morgan fingerprint density at radius 1 is 1.16 bits per heavy atom. The Morgan fingerprint density at radius 3 is 2.60 bits per heavy atom. The molecule has 0 N–H and O–H groups in total. The fraction of sp³-hybridized carbons (Fsp3) is 0.318. The molecule has 2 aromatic carbocycles. The van der Waals surface area contributed by atoms with E-state index < -0.39 is 0 Å². The van der Waals surface area contributed by atoms with Gasteiger partial charge in [-0.15, -0.1) is 0 Å². The van der Waals surface area contributed by atoms with Gasteiger partial charge in [0.1, 0.15) is 11.5 Å². The lowest BCUT2D eigenvalue weighted by Gasteiger charge is -2.13. The first-order valence-electron chi connectivity index (χ1n) is 8.71. The molecule has 3 nitrogen and oxygen atoms in total. The van der Waals surface area contributed by atoms with Crippen LogP contribution >= 0.6 is 0 Å². The van der Waals surface area contributed by atoms with Gasteiger partial charge in [-0.25, -0.2) is 4.99 Å². The van der Waals surface area contributed by atoms with Crippen LogP contribution in [0.3, 0.4) is 0 Å². The summed E-state index contributed by atoms with van der Waals surface area (Å²) in [7, 11) is 2.02. The van der Waals surface area contributed by atoms with Crippen molar-refractivity contribution in [3.05, 3.63) is 59.2 Å². The summed E-state index contributed by atoms with van der Waals surface area (Å²) < 4.78 is 6.14. The van der Waals surface area contributed by atoms with Gasteiger partial charge in [0, 0.05) is 13.6 Å². The van der Waals surface area contributed by atoms with E-state index in [1.807, 2.05) is 37.3 Å². The summed E-state index contributed by atoms with van der Waals surface area (Å²) in [6, 6.07) is 12.3. The number of aryl methyl sites for hydroxylation is 2. The number of ether oxygens (including phenoxy) is 1. The largest absolute Gasteiger partial charge is 0.457 e. The molecule has 132 valence electrons. The lowest BCUT2D eigenvalue weighted by Crippen LogP contribution is -2.14. The number of allylic oxidation sites excluding steroid dienone is 2. The molecule has 0 saturated carbocycles. The van der Waals surface area contributed by atoms with E-state index >= 15 is 0 Å². The first-order valence-corrected chi connectivity index (χ1v) is 8.71. The molecule has 0 aromatic heterocycles. The molecule has 0 spiro atoms. The molecule has 0 aliphatic carbocycles. The van der Waals surface area contributed by atoms with Crippen LogP contribution in [-0.2, 0) is 0 Å². The van der Waals surface area contributed by atoms with Gasteiger partial charge >= 0.3 is 0 Å². The Kier molecular flexibility index (Phi) is 6.40. The molecule has 0 bridgehead atoms. The summed E-state index contributed by atoms with van der Waals surface area (Å²) in [6.45, 7) is 11.3. The minimum Gasteiger partial charge on any atom is -0.457 e. The highest BCUT2D eigenvalue weighted by Gasteiger charge is 2.07. The van der Waals surface area contributed by atoms with Gasteiger partial charge in [0.2, 0.25) is 0 Å². The second kappa shape index (κ2) is 8.52. The molecule has 2 rings (SSSR count).